The van der Waals surface area contributed by atoms with Crippen molar-refractivity contribution in [1.82, 2.24) is 19.8 Å². The molecule has 1 aromatic heterocycles. The van der Waals surface area contributed by atoms with Crippen LogP contribution in [0.1, 0.15) is 30.9 Å². The monoisotopic (exact) mass is 288 g/mol. The Labute approximate surface area is 124 Å². The van der Waals surface area contributed by atoms with Gasteiger partial charge in [-0.2, -0.15) is 0 Å². The fraction of sp³-hybridized carbons (Fsp3) is 0.667. The molecule has 0 radical (unpaired) electrons. The minimum absolute atomic E-state index is 0.155. The van der Waals surface area contributed by atoms with E-state index in [0.717, 1.165) is 44.7 Å². The van der Waals surface area contributed by atoms with Crippen molar-refractivity contribution in [3.8, 4) is 5.88 Å². The second-order valence-electron chi connectivity index (χ2n) is 6.28. The average Bonchev–Trinajstić information content (AvgIpc) is 3.28. The predicted octanol–water partition coefficient (Wildman–Crippen LogP) is 0.648. The van der Waals surface area contributed by atoms with Crippen molar-refractivity contribution in [1.29, 1.82) is 0 Å². The smallest absolute Gasteiger partial charge is 0.232 e. The minimum Gasteiger partial charge on any atom is -0.472 e. The quantitative estimate of drug-likeness (QED) is 0.761. The summed E-state index contributed by atoms with van der Waals surface area (Å²) in [6, 6.07) is 0.424. The van der Waals surface area contributed by atoms with Crippen LogP contribution in [-0.4, -0.2) is 64.5 Å². The van der Waals surface area contributed by atoms with Gasteiger partial charge in [-0.1, -0.05) is 0 Å². The summed E-state index contributed by atoms with van der Waals surface area (Å²) in [5, 5.41) is 0. The molecular weight excluding hydrogens is 268 g/mol. The maximum absolute atomic E-state index is 10.9. The molecule has 0 spiro atoms. The number of hydrogen-bond acceptors (Lipinski definition) is 5. The number of rotatable bonds is 4. The van der Waals surface area contributed by atoms with E-state index in [1.807, 2.05) is 11.1 Å². The van der Waals surface area contributed by atoms with Gasteiger partial charge in [-0.15, -0.1) is 0 Å². The van der Waals surface area contributed by atoms with Crippen LogP contribution < -0.4 is 4.74 Å². The first kappa shape index (κ1) is 13.0. The minimum atomic E-state index is 0.155. The lowest BCUT2D eigenvalue weighted by atomic mass is 10.1. The maximum Gasteiger partial charge on any atom is 0.232 e. The standard InChI is InChI=1S/C15H20N4O2/c20-10-18-3-4-19-9-13(5-12(19)8-18)21-15-7-16-14(6-17-15)11-1-2-11/h6-7,10-13H,1-5,8-9H2/t12-,13+/m0/s1. The summed E-state index contributed by atoms with van der Waals surface area (Å²) in [6.45, 7) is 3.50. The molecule has 2 saturated heterocycles. The number of aromatic nitrogens is 2. The molecule has 3 fully saturated rings. The van der Waals surface area contributed by atoms with Gasteiger partial charge in [0.25, 0.3) is 0 Å². The normalized spacial score (nSPS) is 29.2. The number of carbonyl (C=O) groups is 1. The van der Waals surface area contributed by atoms with E-state index >= 15 is 0 Å². The summed E-state index contributed by atoms with van der Waals surface area (Å²) in [6.07, 6.45) is 8.14. The lowest BCUT2D eigenvalue weighted by molar-refractivity contribution is -0.120. The van der Waals surface area contributed by atoms with Gasteiger partial charge in [0.2, 0.25) is 12.3 Å². The zero-order chi connectivity index (χ0) is 14.2. The topological polar surface area (TPSA) is 58.6 Å². The SMILES string of the molecule is O=CN1CCN2C[C@H](Oc3cnc(C4CC4)cn3)C[C@H]2C1. The number of amides is 1. The number of hydrogen-bond donors (Lipinski definition) is 0. The van der Waals surface area contributed by atoms with E-state index in [2.05, 4.69) is 14.9 Å². The van der Waals surface area contributed by atoms with Crippen molar-refractivity contribution in [2.75, 3.05) is 26.2 Å². The summed E-state index contributed by atoms with van der Waals surface area (Å²) < 4.78 is 5.97. The van der Waals surface area contributed by atoms with Crippen LogP contribution in [0.4, 0.5) is 0 Å². The van der Waals surface area contributed by atoms with E-state index in [1.165, 1.54) is 12.8 Å². The lowest BCUT2D eigenvalue weighted by Crippen LogP contribution is -2.49. The summed E-state index contributed by atoms with van der Waals surface area (Å²) >= 11 is 0. The molecule has 3 aliphatic rings. The van der Waals surface area contributed by atoms with E-state index < -0.39 is 0 Å². The van der Waals surface area contributed by atoms with Crippen LogP contribution in [0.3, 0.4) is 0 Å². The molecule has 3 heterocycles. The Balaban J connectivity index is 1.36. The van der Waals surface area contributed by atoms with E-state index in [4.69, 9.17) is 4.74 Å². The second kappa shape index (κ2) is 5.26. The van der Waals surface area contributed by atoms with Gasteiger partial charge in [0.15, 0.2) is 0 Å². The summed E-state index contributed by atoms with van der Waals surface area (Å²) in [4.78, 5) is 24.0. The first-order valence-electron chi connectivity index (χ1n) is 7.74. The van der Waals surface area contributed by atoms with Gasteiger partial charge in [-0.3, -0.25) is 14.7 Å². The van der Waals surface area contributed by atoms with Gasteiger partial charge < -0.3 is 9.64 Å². The Kier molecular flexibility index (Phi) is 3.25. The molecule has 0 bridgehead atoms. The Hall–Kier alpha value is -1.69. The first-order chi connectivity index (χ1) is 10.3. The van der Waals surface area contributed by atoms with Crippen molar-refractivity contribution in [2.45, 2.75) is 37.3 Å². The lowest BCUT2D eigenvalue weighted by Gasteiger charge is -2.34. The molecule has 1 saturated carbocycles. The Morgan fingerprint density at radius 1 is 1.19 bits per heavy atom. The molecule has 1 aromatic rings. The molecule has 1 aliphatic carbocycles. The third kappa shape index (κ3) is 2.72. The van der Waals surface area contributed by atoms with Crippen LogP contribution >= 0.6 is 0 Å². The fourth-order valence-electron chi connectivity index (χ4n) is 3.35. The second-order valence-corrected chi connectivity index (χ2v) is 6.28. The van der Waals surface area contributed by atoms with Crippen LogP contribution in [-0.2, 0) is 4.79 Å². The Bertz CT molecular complexity index is 517. The highest BCUT2D eigenvalue weighted by atomic mass is 16.5. The molecule has 21 heavy (non-hydrogen) atoms. The molecule has 4 rings (SSSR count). The van der Waals surface area contributed by atoms with Gasteiger partial charge in [0, 0.05) is 44.6 Å². The van der Waals surface area contributed by atoms with Gasteiger partial charge >= 0.3 is 0 Å². The highest BCUT2D eigenvalue weighted by Crippen LogP contribution is 2.38. The molecule has 2 aliphatic heterocycles. The molecule has 6 nitrogen and oxygen atoms in total. The number of fused-ring (bicyclic) bond motifs is 1. The molecule has 0 aromatic carbocycles. The highest BCUT2D eigenvalue weighted by molar-refractivity contribution is 5.47. The van der Waals surface area contributed by atoms with Crippen molar-refractivity contribution < 1.29 is 9.53 Å². The van der Waals surface area contributed by atoms with Crippen molar-refractivity contribution in [2.24, 2.45) is 0 Å². The Morgan fingerprint density at radius 2 is 2.10 bits per heavy atom. The van der Waals surface area contributed by atoms with Gasteiger partial charge in [0.05, 0.1) is 18.1 Å². The average molecular weight is 288 g/mol. The van der Waals surface area contributed by atoms with Crippen molar-refractivity contribution in [3.63, 3.8) is 0 Å². The number of nitrogens with zero attached hydrogens (tertiary/aromatic N) is 4. The largest absolute Gasteiger partial charge is 0.472 e. The van der Waals surface area contributed by atoms with E-state index in [0.29, 0.717) is 17.8 Å². The maximum atomic E-state index is 10.9. The van der Waals surface area contributed by atoms with Crippen molar-refractivity contribution in [3.05, 3.63) is 18.1 Å². The zero-order valence-electron chi connectivity index (χ0n) is 12.0. The summed E-state index contributed by atoms with van der Waals surface area (Å²) in [7, 11) is 0. The van der Waals surface area contributed by atoms with Crippen LogP contribution in [0.2, 0.25) is 0 Å². The summed E-state index contributed by atoms with van der Waals surface area (Å²) in [5.41, 5.74) is 1.09. The summed E-state index contributed by atoms with van der Waals surface area (Å²) in [5.74, 6) is 1.25. The molecule has 0 unspecified atom stereocenters. The number of ether oxygens (including phenoxy) is 1. The fourth-order valence-corrected chi connectivity index (χ4v) is 3.35. The third-order valence-electron chi connectivity index (χ3n) is 4.69. The van der Waals surface area contributed by atoms with E-state index in [-0.39, 0.29) is 6.10 Å². The van der Waals surface area contributed by atoms with Crippen LogP contribution in [0, 0.1) is 0 Å². The van der Waals surface area contributed by atoms with Gasteiger partial charge in [-0.25, -0.2) is 4.98 Å². The molecule has 6 heteroatoms. The van der Waals surface area contributed by atoms with Crippen LogP contribution in [0.5, 0.6) is 5.88 Å². The van der Waals surface area contributed by atoms with Crippen molar-refractivity contribution >= 4 is 6.41 Å². The van der Waals surface area contributed by atoms with Gasteiger partial charge in [-0.05, 0) is 12.8 Å². The van der Waals surface area contributed by atoms with E-state index in [1.54, 1.807) is 6.20 Å². The first-order valence-corrected chi connectivity index (χ1v) is 7.74. The molecule has 0 N–H and O–H groups in total. The molecular formula is C15H20N4O2. The van der Waals surface area contributed by atoms with E-state index in [9.17, 15) is 4.79 Å². The third-order valence-corrected chi connectivity index (χ3v) is 4.69. The molecule has 1 amide bonds. The van der Waals surface area contributed by atoms with Crippen LogP contribution in [0.25, 0.3) is 0 Å². The zero-order valence-corrected chi connectivity index (χ0v) is 12.0. The Morgan fingerprint density at radius 3 is 2.81 bits per heavy atom. The molecule has 2 atom stereocenters. The highest BCUT2D eigenvalue weighted by Gasteiger charge is 2.37. The predicted molar refractivity (Wildman–Crippen MR) is 76.0 cm³/mol. The van der Waals surface area contributed by atoms with Crippen LogP contribution in [0.15, 0.2) is 12.4 Å². The molecule has 112 valence electrons. The number of piperazine rings is 1. The number of carbonyl (C=O) groups excluding carboxylic acids is 1. The van der Waals surface area contributed by atoms with Gasteiger partial charge in [0.1, 0.15) is 6.10 Å².